The highest BCUT2D eigenvalue weighted by Gasteiger charge is 2.21. The maximum absolute atomic E-state index is 11.9. The van der Waals surface area contributed by atoms with E-state index in [-0.39, 0.29) is 13.0 Å². The zero-order chi connectivity index (χ0) is 16.7. The number of hydrogen-bond acceptors (Lipinski definition) is 5. The lowest BCUT2D eigenvalue weighted by Crippen LogP contribution is -2.31. The standard InChI is InChI=1S/C16H18N2O4S/c1-2-14-17-13(10-23-14)12(8-15(19)20)18-16(21)22-9-11-6-4-3-5-7-11/h3-7,10,12H,2,8-9H2,1H3,(H,18,21)(H,19,20). The number of aryl methyl sites for hydroxylation is 1. The van der Waals surface area contributed by atoms with E-state index in [0.29, 0.717) is 5.69 Å². The second kappa shape index (κ2) is 8.28. The SMILES string of the molecule is CCc1nc(C(CC(=O)O)NC(=O)OCc2ccccc2)cs1. The third kappa shape index (κ3) is 5.37. The van der Waals surface area contributed by atoms with Gasteiger partial charge in [0.2, 0.25) is 0 Å². The number of carboxylic acid groups (broad SMARTS) is 1. The lowest BCUT2D eigenvalue weighted by molar-refractivity contribution is -0.137. The third-order valence-electron chi connectivity index (χ3n) is 3.11. The average Bonchev–Trinajstić information content (AvgIpc) is 3.02. The number of aromatic nitrogens is 1. The number of carboxylic acids is 1. The van der Waals surface area contributed by atoms with Gasteiger partial charge >= 0.3 is 12.1 Å². The van der Waals surface area contributed by atoms with E-state index in [1.807, 2.05) is 37.3 Å². The predicted molar refractivity (Wildman–Crippen MR) is 86.2 cm³/mol. The van der Waals surface area contributed by atoms with Crippen molar-refractivity contribution in [2.75, 3.05) is 0 Å². The first-order valence-corrected chi connectivity index (χ1v) is 8.09. The van der Waals surface area contributed by atoms with Crippen molar-refractivity contribution in [2.24, 2.45) is 0 Å². The summed E-state index contributed by atoms with van der Waals surface area (Å²) in [4.78, 5) is 27.2. The number of nitrogens with one attached hydrogen (secondary N) is 1. The summed E-state index contributed by atoms with van der Waals surface area (Å²) in [7, 11) is 0. The molecule has 2 N–H and O–H groups in total. The minimum absolute atomic E-state index is 0.129. The van der Waals surface area contributed by atoms with Crippen molar-refractivity contribution < 1.29 is 19.4 Å². The molecule has 0 bridgehead atoms. The topological polar surface area (TPSA) is 88.5 Å². The number of aliphatic carboxylic acids is 1. The molecule has 0 saturated carbocycles. The Morgan fingerprint density at radius 2 is 2.09 bits per heavy atom. The normalized spacial score (nSPS) is 11.7. The van der Waals surface area contributed by atoms with Gasteiger partial charge in [0.15, 0.2) is 0 Å². The summed E-state index contributed by atoms with van der Waals surface area (Å²) in [6.07, 6.45) is -0.137. The van der Waals surface area contributed by atoms with Gasteiger partial charge in [-0.05, 0) is 12.0 Å². The molecular formula is C16H18N2O4S. The Hall–Kier alpha value is -2.41. The number of benzene rings is 1. The summed E-state index contributed by atoms with van der Waals surface area (Å²) in [6.45, 7) is 2.10. The van der Waals surface area contributed by atoms with E-state index >= 15 is 0 Å². The molecule has 6 nitrogen and oxygen atoms in total. The van der Waals surface area contributed by atoms with Crippen molar-refractivity contribution in [1.29, 1.82) is 0 Å². The first kappa shape index (κ1) is 17.0. The molecule has 0 aliphatic heterocycles. The van der Waals surface area contributed by atoms with Gasteiger partial charge < -0.3 is 15.2 Å². The molecule has 7 heteroatoms. The van der Waals surface area contributed by atoms with Crippen LogP contribution < -0.4 is 5.32 Å². The number of carbonyl (C=O) groups excluding carboxylic acids is 1. The van der Waals surface area contributed by atoms with Gasteiger partial charge in [-0.15, -0.1) is 11.3 Å². The highest BCUT2D eigenvalue weighted by atomic mass is 32.1. The van der Waals surface area contributed by atoms with Gasteiger partial charge in [-0.2, -0.15) is 0 Å². The molecule has 0 radical (unpaired) electrons. The molecule has 2 rings (SSSR count). The van der Waals surface area contributed by atoms with Crippen molar-refractivity contribution in [3.8, 4) is 0 Å². The number of rotatable bonds is 7. The van der Waals surface area contributed by atoms with E-state index in [1.165, 1.54) is 11.3 Å². The summed E-state index contributed by atoms with van der Waals surface area (Å²) in [5, 5.41) is 14.3. The Kier molecular flexibility index (Phi) is 6.10. The van der Waals surface area contributed by atoms with Crippen LogP contribution >= 0.6 is 11.3 Å². The zero-order valence-corrected chi connectivity index (χ0v) is 13.5. The number of ether oxygens (including phenoxy) is 1. The van der Waals surface area contributed by atoms with Gasteiger partial charge in [-0.25, -0.2) is 9.78 Å². The van der Waals surface area contributed by atoms with Crippen LogP contribution in [0.1, 0.15) is 35.7 Å². The molecule has 23 heavy (non-hydrogen) atoms. The molecule has 1 unspecified atom stereocenters. The van der Waals surface area contributed by atoms with Crippen LogP contribution in [0.4, 0.5) is 4.79 Å². The molecule has 1 atom stereocenters. The van der Waals surface area contributed by atoms with E-state index in [2.05, 4.69) is 10.3 Å². The fourth-order valence-electron chi connectivity index (χ4n) is 1.96. The molecule has 122 valence electrons. The van der Waals surface area contributed by atoms with E-state index < -0.39 is 18.1 Å². The molecule has 0 saturated heterocycles. The molecule has 1 aromatic heterocycles. The van der Waals surface area contributed by atoms with E-state index in [1.54, 1.807) is 5.38 Å². The van der Waals surface area contributed by atoms with E-state index in [9.17, 15) is 9.59 Å². The maximum atomic E-state index is 11.9. The zero-order valence-electron chi connectivity index (χ0n) is 12.7. The molecule has 0 fully saturated rings. The van der Waals surface area contributed by atoms with Crippen LogP contribution in [0.15, 0.2) is 35.7 Å². The maximum Gasteiger partial charge on any atom is 0.408 e. The fourth-order valence-corrected chi connectivity index (χ4v) is 2.76. The summed E-state index contributed by atoms with van der Waals surface area (Å²) in [5.41, 5.74) is 1.41. The van der Waals surface area contributed by atoms with Gasteiger partial charge in [-0.1, -0.05) is 37.3 Å². The van der Waals surface area contributed by atoms with Crippen molar-refractivity contribution in [1.82, 2.24) is 10.3 Å². The van der Waals surface area contributed by atoms with Crippen molar-refractivity contribution in [3.05, 3.63) is 52.0 Å². The molecule has 1 aromatic carbocycles. The second-order valence-corrected chi connectivity index (χ2v) is 5.82. The fraction of sp³-hybridized carbons (Fsp3) is 0.312. The van der Waals surface area contributed by atoms with Crippen LogP contribution in [0.3, 0.4) is 0 Å². The highest BCUT2D eigenvalue weighted by molar-refractivity contribution is 7.09. The first-order valence-electron chi connectivity index (χ1n) is 7.21. The molecule has 2 aromatic rings. The quantitative estimate of drug-likeness (QED) is 0.812. The van der Waals surface area contributed by atoms with Gasteiger partial charge in [-0.3, -0.25) is 4.79 Å². The number of alkyl carbamates (subject to hydrolysis) is 1. The first-order chi connectivity index (χ1) is 11.1. The Bertz CT molecular complexity index is 657. The van der Waals surface area contributed by atoms with Crippen LogP contribution in [-0.2, 0) is 22.6 Å². The largest absolute Gasteiger partial charge is 0.481 e. The number of carbonyl (C=O) groups is 2. The van der Waals surface area contributed by atoms with Crippen LogP contribution in [0, 0.1) is 0 Å². The summed E-state index contributed by atoms with van der Waals surface area (Å²) in [5.74, 6) is -1.01. The minimum atomic E-state index is -1.01. The van der Waals surface area contributed by atoms with Gasteiger partial charge in [0, 0.05) is 5.38 Å². The van der Waals surface area contributed by atoms with Gasteiger partial charge in [0.25, 0.3) is 0 Å². The minimum Gasteiger partial charge on any atom is -0.481 e. The van der Waals surface area contributed by atoms with Crippen LogP contribution in [0.5, 0.6) is 0 Å². The molecule has 1 heterocycles. The average molecular weight is 334 g/mol. The molecule has 1 amide bonds. The number of hydrogen-bond donors (Lipinski definition) is 2. The Balaban J connectivity index is 1.96. The molecule has 0 spiro atoms. The highest BCUT2D eigenvalue weighted by Crippen LogP contribution is 2.20. The Morgan fingerprint density at radius 3 is 2.70 bits per heavy atom. The van der Waals surface area contributed by atoms with Crippen molar-refractivity contribution in [3.63, 3.8) is 0 Å². The van der Waals surface area contributed by atoms with E-state index in [4.69, 9.17) is 9.84 Å². The van der Waals surface area contributed by atoms with Gasteiger partial charge in [0.05, 0.1) is 23.2 Å². The van der Waals surface area contributed by atoms with E-state index in [0.717, 1.165) is 17.0 Å². The monoisotopic (exact) mass is 334 g/mol. The lowest BCUT2D eigenvalue weighted by atomic mass is 10.1. The second-order valence-electron chi connectivity index (χ2n) is 4.88. The summed E-state index contributed by atoms with van der Waals surface area (Å²) in [6, 6.07) is 8.57. The number of amides is 1. The third-order valence-corrected chi connectivity index (χ3v) is 4.12. The van der Waals surface area contributed by atoms with Crippen LogP contribution in [-0.4, -0.2) is 22.2 Å². The molecular weight excluding hydrogens is 316 g/mol. The lowest BCUT2D eigenvalue weighted by Gasteiger charge is -2.15. The summed E-state index contributed by atoms with van der Waals surface area (Å²) < 4.78 is 5.13. The van der Waals surface area contributed by atoms with Crippen molar-refractivity contribution >= 4 is 23.4 Å². The van der Waals surface area contributed by atoms with Gasteiger partial charge in [0.1, 0.15) is 6.61 Å². The number of nitrogens with zero attached hydrogens (tertiary/aromatic N) is 1. The Labute approximate surface area is 138 Å². The van der Waals surface area contributed by atoms with Crippen LogP contribution in [0.25, 0.3) is 0 Å². The Morgan fingerprint density at radius 1 is 1.35 bits per heavy atom. The predicted octanol–water partition coefficient (Wildman–Crippen LogP) is 3.15. The molecule has 0 aliphatic rings. The van der Waals surface area contributed by atoms with Crippen LogP contribution in [0.2, 0.25) is 0 Å². The molecule has 0 aliphatic carbocycles. The van der Waals surface area contributed by atoms with Crippen molar-refractivity contribution in [2.45, 2.75) is 32.4 Å². The number of thiazole rings is 1. The summed E-state index contributed by atoms with van der Waals surface area (Å²) >= 11 is 1.45. The smallest absolute Gasteiger partial charge is 0.408 e.